The summed E-state index contributed by atoms with van der Waals surface area (Å²) in [6.45, 7) is 2.26. The second kappa shape index (κ2) is 5.59. The lowest BCUT2D eigenvalue weighted by molar-refractivity contribution is 0.0116. The van der Waals surface area contributed by atoms with Crippen molar-refractivity contribution >= 4 is 0 Å². The van der Waals surface area contributed by atoms with Crippen LogP contribution in [0.5, 0.6) is 5.75 Å². The molecule has 0 aliphatic carbocycles. The van der Waals surface area contributed by atoms with Crippen LogP contribution in [0, 0.1) is 6.92 Å². The van der Waals surface area contributed by atoms with E-state index in [4.69, 9.17) is 10.6 Å². The van der Waals surface area contributed by atoms with Gasteiger partial charge in [-0.25, -0.2) is 5.90 Å². The molecule has 0 aliphatic rings. The lowest BCUT2D eigenvalue weighted by Gasteiger charge is -2.10. The Morgan fingerprint density at radius 3 is 2.50 bits per heavy atom. The smallest absolute Gasteiger partial charge is 0.119 e. The van der Waals surface area contributed by atoms with Gasteiger partial charge in [-0.05, 0) is 19.1 Å². The highest BCUT2D eigenvalue weighted by molar-refractivity contribution is 5.26. The number of ether oxygens (including phenoxy) is 1. The molecule has 78 valence electrons. The van der Waals surface area contributed by atoms with Gasteiger partial charge in [0.15, 0.2) is 0 Å². The lowest BCUT2D eigenvalue weighted by atomic mass is 10.2. The van der Waals surface area contributed by atoms with Crippen LogP contribution in [0.15, 0.2) is 24.3 Å². The van der Waals surface area contributed by atoms with E-state index >= 15 is 0 Å². The third-order valence-corrected chi connectivity index (χ3v) is 1.75. The normalized spacial score (nSPS) is 12.5. The fraction of sp³-hybridized carbons (Fsp3) is 0.400. The van der Waals surface area contributed by atoms with Crippen molar-refractivity contribution in [2.45, 2.75) is 13.0 Å². The molecule has 3 N–H and O–H groups in total. The van der Waals surface area contributed by atoms with E-state index < -0.39 is 6.10 Å². The topological polar surface area (TPSA) is 64.7 Å². The van der Waals surface area contributed by atoms with E-state index in [0.717, 1.165) is 5.75 Å². The molecule has 14 heavy (non-hydrogen) atoms. The second-order valence-corrected chi connectivity index (χ2v) is 3.11. The van der Waals surface area contributed by atoms with Crippen LogP contribution in [0.2, 0.25) is 0 Å². The Kier molecular flexibility index (Phi) is 4.39. The Labute approximate surface area is 83.2 Å². The van der Waals surface area contributed by atoms with Crippen LogP contribution < -0.4 is 10.6 Å². The number of aryl methyl sites for hydroxylation is 1. The number of aliphatic hydroxyl groups excluding tert-OH is 1. The van der Waals surface area contributed by atoms with Crippen LogP contribution >= 0.6 is 0 Å². The molecular formula is C10H15NO3. The highest BCUT2D eigenvalue weighted by Gasteiger charge is 2.04. The minimum atomic E-state index is -0.693. The van der Waals surface area contributed by atoms with Crippen LogP contribution in [-0.4, -0.2) is 24.4 Å². The third kappa shape index (κ3) is 3.74. The third-order valence-electron chi connectivity index (χ3n) is 1.75. The molecule has 1 atom stereocenters. The molecule has 0 spiro atoms. The molecule has 0 bridgehead atoms. The molecule has 1 aromatic carbocycles. The van der Waals surface area contributed by atoms with E-state index in [0.29, 0.717) is 0 Å². The molecule has 0 saturated carbocycles. The standard InChI is InChI=1S/C10H15NO3/c1-8-2-4-10(5-3-8)13-6-9(12)7-14-11/h2-5,9,12H,6-7,11H2,1H3. The number of benzene rings is 1. The minimum Gasteiger partial charge on any atom is -0.491 e. The summed E-state index contributed by atoms with van der Waals surface area (Å²) < 4.78 is 5.29. The van der Waals surface area contributed by atoms with Crippen molar-refractivity contribution in [3.05, 3.63) is 29.8 Å². The van der Waals surface area contributed by atoms with Crippen molar-refractivity contribution in [3.63, 3.8) is 0 Å². The predicted molar refractivity (Wildman–Crippen MR) is 52.8 cm³/mol. The van der Waals surface area contributed by atoms with Crippen molar-refractivity contribution in [1.29, 1.82) is 0 Å². The van der Waals surface area contributed by atoms with Gasteiger partial charge < -0.3 is 14.7 Å². The lowest BCUT2D eigenvalue weighted by Crippen LogP contribution is -2.25. The Hall–Kier alpha value is -1.10. The maximum Gasteiger partial charge on any atom is 0.119 e. The molecule has 0 saturated heterocycles. The van der Waals surface area contributed by atoms with Crippen molar-refractivity contribution in [2.24, 2.45) is 5.90 Å². The zero-order valence-corrected chi connectivity index (χ0v) is 8.14. The maximum absolute atomic E-state index is 9.24. The van der Waals surface area contributed by atoms with E-state index in [1.54, 1.807) is 0 Å². The number of rotatable bonds is 5. The first-order chi connectivity index (χ1) is 6.72. The Morgan fingerprint density at radius 2 is 1.93 bits per heavy atom. The highest BCUT2D eigenvalue weighted by atomic mass is 16.6. The summed E-state index contributed by atoms with van der Waals surface area (Å²) in [4.78, 5) is 4.28. The van der Waals surface area contributed by atoms with Gasteiger partial charge in [0.1, 0.15) is 18.5 Å². The predicted octanol–water partition coefficient (Wildman–Crippen LogP) is 0.625. The molecule has 4 nitrogen and oxygen atoms in total. The summed E-state index contributed by atoms with van der Waals surface area (Å²) in [5, 5.41) is 9.24. The van der Waals surface area contributed by atoms with Crippen molar-refractivity contribution in [2.75, 3.05) is 13.2 Å². The van der Waals surface area contributed by atoms with Crippen molar-refractivity contribution in [3.8, 4) is 5.75 Å². The molecule has 0 fully saturated rings. The van der Waals surface area contributed by atoms with E-state index in [2.05, 4.69) is 4.84 Å². The molecule has 1 unspecified atom stereocenters. The van der Waals surface area contributed by atoms with Crippen LogP contribution in [0.4, 0.5) is 0 Å². The monoisotopic (exact) mass is 197 g/mol. The molecular weight excluding hydrogens is 182 g/mol. The SMILES string of the molecule is Cc1ccc(OCC(O)CON)cc1. The van der Waals surface area contributed by atoms with E-state index in [9.17, 15) is 5.11 Å². The first-order valence-electron chi connectivity index (χ1n) is 4.41. The van der Waals surface area contributed by atoms with Crippen LogP contribution in [0.25, 0.3) is 0 Å². The molecule has 0 aromatic heterocycles. The average molecular weight is 197 g/mol. The van der Waals surface area contributed by atoms with E-state index in [-0.39, 0.29) is 13.2 Å². The van der Waals surface area contributed by atoms with Gasteiger partial charge in [0.25, 0.3) is 0 Å². The largest absolute Gasteiger partial charge is 0.491 e. The number of nitrogens with two attached hydrogens (primary N) is 1. The molecule has 1 rings (SSSR count). The van der Waals surface area contributed by atoms with Gasteiger partial charge in [-0.15, -0.1) is 0 Å². The Bertz CT molecular complexity index is 261. The van der Waals surface area contributed by atoms with Gasteiger partial charge in [-0.3, -0.25) is 0 Å². The number of hydrogen-bond donors (Lipinski definition) is 2. The van der Waals surface area contributed by atoms with Crippen LogP contribution in [-0.2, 0) is 4.84 Å². The first kappa shape index (κ1) is 11.0. The molecule has 4 heteroatoms. The highest BCUT2D eigenvalue weighted by Crippen LogP contribution is 2.11. The van der Waals surface area contributed by atoms with Gasteiger partial charge in [-0.2, -0.15) is 0 Å². The van der Waals surface area contributed by atoms with E-state index in [1.165, 1.54) is 5.56 Å². The van der Waals surface area contributed by atoms with Crippen LogP contribution in [0.1, 0.15) is 5.56 Å². The number of hydrogen-bond acceptors (Lipinski definition) is 4. The Morgan fingerprint density at radius 1 is 1.29 bits per heavy atom. The summed E-state index contributed by atoms with van der Waals surface area (Å²) in [5.41, 5.74) is 1.17. The zero-order chi connectivity index (χ0) is 10.4. The second-order valence-electron chi connectivity index (χ2n) is 3.11. The summed E-state index contributed by atoms with van der Waals surface area (Å²) in [6, 6.07) is 7.60. The Balaban J connectivity index is 2.34. The fourth-order valence-electron chi connectivity index (χ4n) is 0.986. The van der Waals surface area contributed by atoms with Crippen molar-refractivity contribution < 1.29 is 14.7 Å². The molecule has 1 aromatic rings. The van der Waals surface area contributed by atoms with E-state index in [1.807, 2.05) is 31.2 Å². The molecule has 0 aliphatic heterocycles. The average Bonchev–Trinajstić information content (AvgIpc) is 2.17. The number of aliphatic hydroxyl groups is 1. The van der Waals surface area contributed by atoms with Crippen LogP contribution in [0.3, 0.4) is 0 Å². The summed E-state index contributed by atoms with van der Waals surface area (Å²) in [6.07, 6.45) is -0.693. The van der Waals surface area contributed by atoms with Gasteiger partial charge in [-0.1, -0.05) is 17.7 Å². The zero-order valence-electron chi connectivity index (χ0n) is 8.14. The van der Waals surface area contributed by atoms with Gasteiger partial charge in [0.05, 0.1) is 6.61 Å². The maximum atomic E-state index is 9.24. The molecule has 0 radical (unpaired) electrons. The molecule has 0 heterocycles. The minimum absolute atomic E-state index is 0.0753. The summed E-state index contributed by atoms with van der Waals surface area (Å²) in [5.74, 6) is 5.53. The summed E-state index contributed by atoms with van der Waals surface area (Å²) in [7, 11) is 0. The van der Waals surface area contributed by atoms with Gasteiger partial charge in [0.2, 0.25) is 0 Å². The van der Waals surface area contributed by atoms with Gasteiger partial charge >= 0.3 is 0 Å². The van der Waals surface area contributed by atoms with Crippen molar-refractivity contribution in [1.82, 2.24) is 0 Å². The summed E-state index contributed by atoms with van der Waals surface area (Å²) >= 11 is 0. The fourth-order valence-corrected chi connectivity index (χ4v) is 0.986. The molecule has 0 amide bonds. The quantitative estimate of drug-likeness (QED) is 0.679. The van der Waals surface area contributed by atoms with Gasteiger partial charge in [0, 0.05) is 0 Å². The first-order valence-corrected chi connectivity index (χ1v) is 4.41.